The van der Waals surface area contributed by atoms with Crippen LogP contribution in [0.25, 0.3) is 11.0 Å². The molecule has 12 heteroatoms. The summed E-state index contributed by atoms with van der Waals surface area (Å²) >= 11 is 0. The van der Waals surface area contributed by atoms with Crippen LogP contribution < -0.4 is 25.0 Å². The third kappa shape index (κ3) is 3.85. The second kappa shape index (κ2) is 7.71. The number of hydrogen-bond acceptors (Lipinski definition) is 7. The van der Waals surface area contributed by atoms with Gasteiger partial charge in [-0.05, 0) is 20.8 Å². The molecule has 1 aromatic carbocycles. The third-order valence-corrected chi connectivity index (χ3v) is 5.25. The highest BCUT2D eigenvalue weighted by atomic mass is 19.4. The first-order valence-corrected chi connectivity index (χ1v) is 10.1. The number of amides is 1. The van der Waals surface area contributed by atoms with Crippen LogP contribution in [0.1, 0.15) is 26.3 Å². The highest BCUT2D eigenvalue weighted by Crippen LogP contribution is 2.44. The average Bonchev–Trinajstić information content (AvgIpc) is 3.17. The first-order chi connectivity index (χ1) is 15.5. The minimum absolute atomic E-state index is 0.0235. The molecule has 9 nitrogen and oxygen atoms in total. The van der Waals surface area contributed by atoms with Gasteiger partial charge in [-0.1, -0.05) is 0 Å². The van der Waals surface area contributed by atoms with Gasteiger partial charge in [0.05, 0.1) is 29.4 Å². The van der Waals surface area contributed by atoms with E-state index in [9.17, 15) is 18.0 Å². The number of likely N-dealkylation sites (N-methyl/N-ethyl adjacent to an activating group) is 1. The van der Waals surface area contributed by atoms with E-state index in [4.69, 9.17) is 9.47 Å². The van der Waals surface area contributed by atoms with Crippen LogP contribution in [0.3, 0.4) is 0 Å². The Morgan fingerprint density at radius 2 is 2.00 bits per heavy atom. The van der Waals surface area contributed by atoms with Crippen molar-refractivity contribution < 1.29 is 27.4 Å². The summed E-state index contributed by atoms with van der Waals surface area (Å²) in [5.74, 6) is 0.671. The van der Waals surface area contributed by atoms with Gasteiger partial charge in [0.25, 0.3) is 5.91 Å². The number of carbonyl (C=O) groups excluding carboxylic acids is 1. The molecule has 0 bridgehead atoms. The second-order valence-corrected chi connectivity index (χ2v) is 7.97. The lowest BCUT2D eigenvalue weighted by atomic mass is 10.0. The van der Waals surface area contributed by atoms with Crippen molar-refractivity contribution in [3.8, 4) is 11.5 Å². The maximum Gasteiger partial charge on any atom is 0.418 e. The van der Waals surface area contributed by atoms with Gasteiger partial charge in [0, 0.05) is 31.9 Å². The Kier molecular flexibility index (Phi) is 5.26. The van der Waals surface area contributed by atoms with E-state index in [0.717, 1.165) is 6.20 Å². The van der Waals surface area contributed by atoms with E-state index >= 15 is 0 Å². The van der Waals surface area contributed by atoms with E-state index in [1.54, 1.807) is 40.0 Å². The number of halogens is 3. The molecule has 0 saturated heterocycles. The number of rotatable bonds is 5. The Morgan fingerprint density at radius 1 is 1.27 bits per heavy atom. The highest BCUT2D eigenvalue weighted by molar-refractivity contribution is 6.02. The first-order valence-electron chi connectivity index (χ1n) is 10.1. The molecule has 0 atom stereocenters. The molecule has 3 N–H and O–H groups in total. The number of carbonyl (C=O) groups is 1. The molecule has 0 fully saturated rings. The molecular weight excluding hydrogens is 441 g/mol. The molecule has 176 valence electrons. The summed E-state index contributed by atoms with van der Waals surface area (Å²) in [7, 11) is 3.10. The van der Waals surface area contributed by atoms with Gasteiger partial charge in [0.1, 0.15) is 23.0 Å². The number of hydrogen-bond donors (Lipinski definition) is 3. The molecule has 4 rings (SSSR count). The molecule has 3 heterocycles. The number of anilines is 4. The van der Waals surface area contributed by atoms with Crippen LogP contribution >= 0.6 is 0 Å². The predicted octanol–water partition coefficient (Wildman–Crippen LogP) is 4.29. The van der Waals surface area contributed by atoms with Crippen LogP contribution in [0.4, 0.5) is 36.3 Å². The van der Waals surface area contributed by atoms with E-state index in [-0.39, 0.29) is 28.7 Å². The maximum absolute atomic E-state index is 13.4. The summed E-state index contributed by atoms with van der Waals surface area (Å²) in [5.41, 5.74) is -0.964. The van der Waals surface area contributed by atoms with Gasteiger partial charge in [-0.2, -0.15) is 23.1 Å². The molecule has 2 aromatic heterocycles. The van der Waals surface area contributed by atoms with Crippen molar-refractivity contribution in [1.82, 2.24) is 15.0 Å². The van der Waals surface area contributed by atoms with Crippen LogP contribution in [0, 0.1) is 0 Å². The quantitative estimate of drug-likeness (QED) is 0.517. The Morgan fingerprint density at radius 3 is 2.64 bits per heavy atom. The monoisotopic (exact) mass is 464 g/mol. The normalized spacial score (nSPS) is 15.3. The van der Waals surface area contributed by atoms with Crippen LogP contribution in [-0.4, -0.2) is 47.2 Å². The van der Waals surface area contributed by atoms with Gasteiger partial charge >= 0.3 is 6.18 Å². The fraction of sp³-hybridized carbons (Fsp3) is 0.381. The molecule has 0 aliphatic carbocycles. The van der Waals surface area contributed by atoms with E-state index in [0.29, 0.717) is 29.4 Å². The number of benzene rings is 1. The number of ether oxygens (including phenoxy) is 2. The van der Waals surface area contributed by atoms with Crippen molar-refractivity contribution in [2.75, 3.05) is 36.2 Å². The zero-order valence-electron chi connectivity index (χ0n) is 18.6. The lowest BCUT2D eigenvalue weighted by Crippen LogP contribution is -2.50. The number of fused-ring (bicyclic) bond motifs is 2. The third-order valence-electron chi connectivity index (χ3n) is 5.25. The molecule has 1 aliphatic rings. The Balaban J connectivity index is 1.79. The first kappa shape index (κ1) is 22.5. The molecule has 0 spiro atoms. The van der Waals surface area contributed by atoms with Crippen LogP contribution in [0.5, 0.6) is 11.5 Å². The van der Waals surface area contributed by atoms with Gasteiger partial charge in [0.15, 0.2) is 5.60 Å². The largest absolute Gasteiger partial charge is 0.494 e. The van der Waals surface area contributed by atoms with Crippen molar-refractivity contribution in [3.63, 3.8) is 0 Å². The maximum atomic E-state index is 13.4. The fourth-order valence-corrected chi connectivity index (χ4v) is 3.72. The van der Waals surface area contributed by atoms with E-state index in [1.807, 2.05) is 0 Å². The van der Waals surface area contributed by atoms with Crippen molar-refractivity contribution in [3.05, 3.63) is 23.9 Å². The van der Waals surface area contributed by atoms with Gasteiger partial charge in [0.2, 0.25) is 5.95 Å². The molecule has 1 aliphatic heterocycles. The summed E-state index contributed by atoms with van der Waals surface area (Å²) < 4.78 is 51.6. The average molecular weight is 464 g/mol. The zero-order chi connectivity index (χ0) is 24.1. The van der Waals surface area contributed by atoms with Gasteiger partial charge < -0.3 is 30.0 Å². The molecule has 0 radical (unpaired) electrons. The number of alkyl halides is 3. The van der Waals surface area contributed by atoms with Crippen LogP contribution in [0.15, 0.2) is 18.3 Å². The minimum Gasteiger partial charge on any atom is -0.494 e. The van der Waals surface area contributed by atoms with Gasteiger partial charge in [-0.15, -0.1) is 0 Å². The Labute approximate surface area is 187 Å². The number of aromatic nitrogens is 3. The van der Waals surface area contributed by atoms with Crippen molar-refractivity contribution in [2.24, 2.45) is 0 Å². The highest BCUT2D eigenvalue weighted by Gasteiger charge is 2.40. The smallest absolute Gasteiger partial charge is 0.418 e. The lowest BCUT2D eigenvalue weighted by Gasteiger charge is -2.37. The molecule has 33 heavy (non-hydrogen) atoms. The molecule has 0 unspecified atom stereocenters. The number of methoxy groups -OCH3 is 1. The standard InChI is InChI=1S/C21H23F3N6O3/c1-6-25-16-15-10(21(22,23)24)9-26-17(15)29-19(28-16)27-11-7-14-12(8-13(11)32-5)30(4)18(31)20(2,3)33-14/h7-9H,6H2,1-5H3,(H3,25,26,27,28,29). The van der Waals surface area contributed by atoms with E-state index < -0.39 is 17.3 Å². The molecular formula is C21H23F3N6O3. The number of nitrogens with zero attached hydrogens (tertiary/aromatic N) is 3. The molecule has 3 aromatic rings. The van der Waals surface area contributed by atoms with Crippen molar-refractivity contribution >= 4 is 40.1 Å². The SMILES string of the molecule is CCNc1nc(Nc2cc3c(cc2OC)N(C)C(=O)C(C)(C)O3)nc2[nH]cc(C(F)(F)F)c12. The summed E-state index contributed by atoms with van der Waals surface area (Å²) in [6.45, 7) is 5.44. The summed E-state index contributed by atoms with van der Waals surface area (Å²) in [5, 5.41) is 5.72. The Hall–Kier alpha value is -3.70. The summed E-state index contributed by atoms with van der Waals surface area (Å²) in [6.07, 6.45) is -3.69. The lowest BCUT2D eigenvalue weighted by molar-refractivity contribution is -0.136. The summed E-state index contributed by atoms with van der Waals surface area (Å²) in [6, 6.07) is 3.26. The predicted molar refractivity (Wildman–Crippen MR) is 117 cm³/mol. The summed E-state index contributed by atoms with van der Waals surface area (Å²) in [4.78, 5) is 25.0. The zero-order valence-corrected chi connectivity index (χ0v) is 18.6. The number of nitrogens with one attached hydrogen (secondary N) is 3. The Bertz CT molecular complexity index is 1240. The van der Waals surface area contributed by atoms with Crippen molar-refractivity contribution in [2.45, 2.75) is 32.5 Å². The van der Waals surface area contributed by atoms with Crippen molar-refractivity contribution in [1.29, 1.82) is 0 Å². The van der Waals surface area contributed by atoms with Gasteiger partial charge in [-0.3, -0.25) is 4.79 Å². The second-order valence-electron chi connectivity index (χ2n) is 7.97. The topological polar surface area (TPSA) is 104 Å². The van der Waals surface area contributed by atoms with Gasteiger partial charge in [-0.25, -0.2) is 0 Å². The van der Waals surface area contributed by atoms with E-state index in [1.165, 1.54) is 12.0 Å². The molecule has 1 amide bonds. The number of aromatic amines is 1. The van der Waals surface area contributed by atoms with Crippen LogP contribution in [0.2, 0.25) is 0 Å². The molecule has 0 saturated carbocycles. The minimum atomic E-state index is -4.56. The number of H-pyrrole nitrogens is 1. The fourth-order valence-electron chi connectivity index (χ4n) is 3.72. The van der Waals surface area contributed by atoms with E-state index in [2.05, 4.69) is 25.6 Å². The van der Waals surface area contributed by atoms with Crippen LogP contribution in [-0.2, 0) is 11.0 Å².